The molecule has 3 nitrogen and oxygen atoms in total. The lowest BCUT2D eigenvalue weighted by Gasteiger charge is -2.13. The Labute approximate surface area is 124 Å². The Morgan fingerprint density at radius 2 is 2.05 bits per heavy atom. The Kier molecular flexibility index (Phi) is 3.44. The van der Waals surface area contributed by atoms with Crippen LogP contribution >= 0.6 is 15.9 Å². The van der Waals surface area contributed by atoms with Crippen molar-refractivity contribution in [2.75, 3.05) is 17.2 Å². The number of halogens is 2. The quantitative estimate of drug-likeness (QED) is 0.878. The van der Waals surface area contributed by atoms with Gasteiger partial charge >= 0.3 is 0 Å². The van der Waals surface area contributed by atoms with Crippen molar-refractivity contribution in [2.45, 2.75) is 5.92 Å². The highest BCUT2D eigenvalue weighted by Crippen LogP contribution is 2.33. The van der Waals surface area contributed by atoms with Crippen LogP contribution in [-0.2, 0) is 4.79 Å². The van der Waals surface area contributed by atoms with Crippen molar-refractivity contribution in [3.63, 3.8) is 0 Å². The molecular weight excluding hydrogens is 323 g/mol. The highest BCUT2D eigenvalue weighted by Gasteiger charge is 2.28. The molecule has 20 heavy (non-hydrogen) atoms. The fourth-order valence-electron chi connectivity index (χ4n) is 2.35. The van der Waals surface area contributed by atoms with E-state index in [0.29, 0.717) is 11.0 Å². The smallest absolute Gasteiger partial charge is 0.233 e. The Bertz CT molecular complexity index is 654. The van der Waals surface area contributed by atoms with Crippen molar-refractivity contribution in [1.82, 2.24) is 0 Å². The molecule has 0 saturated carbocycles. The zero-order valence-electron chi connectivity index (χ0n) is 10.5. The van der Waals surface area contributed by atoms with E-state index in [-0.39, 0.29) is 17.5 Å². The Hall–Kier alpha value is -1.88. The first kappa shape index (κ1) is 13.1. The van der Waals surface area contributed by atoms with Gasteiger partial charge in [-0.1, -0.05) is 24.3 Å². The van der Waals surface area contributed by atoms with Gasteiger partial charge in [-0.3, -0.25) is 4.79 Å². The van der Waals surface area contributed by atoms with Crippen LogP contribution in [0.1, 0.15) is 11.5 Å². The van der Waals surface area contributed by atoms with Gasteiger partial charge in [-0.25, -0.2) is 4.39 Å². The zero-order valence-corrected chi connectivity index (χ0v) is 12.1. The first-order valence-electron chi connectivity index (χ1n) is 6.24. The molecule has 2 aromatic carbocycles. The zero-order chi connectivity index (χ0) is 14.1. The molecule has 1 aliphatic rings. The van der Waals surface area contributed by atoms with E-state index in [0.717, 1.165) is 11.3 Å². The molecule has 1 heterocycles. The SMILES string of the molecule is O=C(Nc1c(F)cccc1Br)C1CNc2ccccc21. The molecule has 2 aromatic rings. The van der Waals surface area contributed by atoms with Crippen LogP contribution in [0.2, 0.25) is 0 Å². The lowest BCUT2D eigenvalue weighted by atomic mass is 10.0. The van der Waals surface area contributed by atoms with Gasteiger partial charge in [-0.2, -0.15) is 0 Å². The van der Waals surface area contributed by atoms with Crippen molar-refractivity contribution in [3.05, 3.63) is 58.3 Å². The lowest BCUT2D eigenvalue weighted by molar-refractivity contribution is -0.117. The average molecular weight is 335 g/mol. The van der Waals surface area contributed by atoms with E-state index in [1.165, 1.54) is 6.07 Å². The number of hydrogen-bond acceptors (Lipinski definition) is 2. The maximum atomic E-state index is 13.7. The number of fused-ring (bicyclic) bond motifs is 1. The van der Waals surface area contributed by atoms with Crippen LogP contribution in [0.3, 0.4) is 0 Å². The number of rotatable bonds is 2. The third-order valence-electron chi connectivity index (χ3n) is 3.36. The third kappa shape index (κ3) is 2.29. The molecule has 0 fully saturated rings. The monoisotopic (exact) mass is 334 g/mol. The number of carbonyl (C=O) groups excluding carboxylic acids is 1. The fourth-order valence-corrected chi connectivity index (χ4v) is 2.79. The predicted octanol–water partition coefficient (Wildman–Crippen LogP) is 3.74. The van der Waals surface area contributed by atoms with Gasteiger partial charge in [-0.15, -0.1) is 0 Å². The summed E-state index contributed by atoms with van der Waals surface area (Å²) in [6.07, 6.45) is 0. The summed E-state index contributed by atoms with van der Waals surface area (Å²) in [6, 6.07) is 12.3. The van der Waals surface area contributed by atoms with Gasteiger partial charge in [0.15, 0.2) is 0 Å². The topological polar surface area (TPSA) is 41.1 Å². The van der Waals surface area contributed by atoms with Crippen LogP contribution in [0.5, 0.6) is 0 Å². The first-order valence-corrected chi connectivity index (χ1v) is 7.04. The lowest BCUT2D eigenvalue weighted by Crippen LogP contribution is -2.23. The number of hydrogen-bond donors (Lipinski definition) is 2. The number of anilines is 2. The van der Waals surface area contributed by atoms with Crippen LogP contribution in [0.15, 0.2) is 46.9 Å². The minimum Gasteiger partial charge on any atom is -0.384 e. The second kappa shape index (κ2) is 5.25. The van der Waals surface area contributed by atoms with Crippen molar-refractivity contribution in [3.8, 4) is 0 Å². The molecule has 1 aliphatic heterocycles. The molecule has 0 saturated heterocycles. The van der Waals surface area contributed by atoms with Gasteiger partial charge < -0.3 is 10.6 Å². The second-order valence-corrected chi connectivity index (χ2v) is 5.46. The summed E-state index contributed by atoms with van der Waals surface area (Å²) >= 11 is 3.25. The van der Waals surface area contributed by atoms with Gasteiger partial charge in [0.1, 0.15) is 5.82 Å². The molecule has 102 valence electrons. The van der Waals surface area contributed by atoms with E-state index in [2.05, 4.69) is 26.6 Å². The maximum absolute atomic E-state index is 13.7. The summed E-state index contributed by atoms with van der Waals surface area (Å²) < 4.78 is 14.3. The molecular formula is C15H12BrFN2O. The highest BCUT2D eigenvalue weighted by molar-refractivity contribution is 9.10. The van der Waals surface area contributed by atoms with Gasteiger partial charge in [0, 0.05) is 16.7 Å². The molecule has 2 N–H and O–H groups in total. The van der Waals surface area contributed by atoms with Crippen LogP contribution < -0.4 is 10.6 Å². The number of carbonyl (C=O) groups is 1. The molecule has 0 aliphatic carbocycles. The van der Waals surface area contributed by atoms with Crippen molar-refractivity contribution < 1.29 is 9.18 Å². The Morgan fingerprint density at radius 3 is 2.85 bits per heavy atom. The fraction of sp³-hybridized carbons (Fsp3) is 0.133. The standard InChI is InChI=1S/C15H12BrFN2O/c16-11-5-3-6-12(17)14(11)19-15(20)10-8-18-13-7-2-1-4-9(10)13/h1-7,10,18H,8H2,(H,19,20). The van der Waals surface area contributed by atoms with Crippen LogP contribution in [0.25, 0.3) is 0 Å². The largest absolute Gasteiger partial charge is 0.384 e. The molecule has 0 aromatic heterocycles. The normalized spacial score (nSPS) is 16.4. The minimum atomic E-state index is -0.452. The molecule has 0 bridgehead atoms. The summed E-state index contributed by atoms with van der Waals surface area (Å²) in [5, 5.41) is 5.84. The number of benzene rings is 2. The number of nitrogens with one attached hydrogen (secondary N) is 2. The van der Waals surface area contributed by atoms with Crippen molar-refractivity contribution in [2.24, 2.45) is 0 Å². The van der Waals surface area contributed by atoms with Crippen LogP contribution in [0.4, 0.5) is 15.8 Å². The minimum absolute atomic E-state index is 0.182. The highest BCUT2D eigenvalue weighted by atomic mass is 79.9. The van der Waals surface area contributed by atoms with Gasteiger partial charge in [0.2, 0.25) is 5.91 Å². The molecule has 0 radical (unpaired) electrons. The summed E-state index contributed by atoms with van der Waals surface area (Å²) in [5.41, 5.74) is 2.08. The Morgan fingerprint density at radius 1 is 1.25 bits per heavy atom. The van der Waals surface area contributed by atoms with Crippen LogP contribution in [0, 0.1) is 5.82 Å². The first-order chi connectivity index (χ1) is 9.66. The summed E-state index contributed by atoms with van der Waals surface area (Å²) in [5.74, 6) is -0.974. The van der Waals surface area contributed by atoms with Crippen LogP contribution in [-0.4, -0.2) is 12.5 Å². The van der Waals surface area contributed by atoms with E-state index < -0.39 is 5.82 Å². The molecule has 1 unspecified atom stereocenters. The van der Waals surface area contributed by atoms with Crippen molar-refractivity contribution in [1.29, 1.82) is 0 Å². The maximum Gasteiger partial charge on any atom is 0.233 e. The van der Waals surface area contributed by atoms with E-state index >= 15 is 0 Å². The van der Waals surface area contributed by atoms with E-state index in [1.54, 1.807) is 12.1 Å². The molecule has 1 amide bonds. The number of para-hydroxylation sites is 2. The molecule has 0 spiro atoms. The molecule has 1 atom stereocenters. The molecule has 3 rings (SSSR count). The van der Waals surface area contributed by atoms with E-state index in [9.17, 15) is 9.18 Å². The van der Waals surface area contributed by atoms with Crippen molar-refractivity contribution >= 4 is 33.2 Å². The second-order valence-electron chi connectivity index (χ2n) is 4.61. The third-order valence-corrected chi connectivity index (χ3v) is 4.02. The summed E-state index contributed by atoms with van der Waals surface area (Å²) in [7, 11) is 0. The van der Waals surface area contributed by atoms with Gasteiger partial charge in [-0.05, 0) is 39.7 Å². The Balaban J connectivity index is 1.85. The number of amides is 1. The summed E-state index contributed by atoms with van der Waals surface area (Å²) in [4.78, 5) is 12.3. The average Bonchev–Trinajstić information content (AvgIpc) is 2.87. The van der Waals surface area contributed by atoms with Gasteiger partial charge in [0.05, 0.1) is 11.6 Å². The van der Waals surface area contributed by atoms with E-state index in [1.807, 2.05) is 24.3 Å². The van der Waals surface area contributed by atoms with E-state index in [4.69, 9.17) is 0 Å². The molecule has 5 heteroatoms. The van der Waals surface area contributed by atoms with Gasteiger partial charge in [0.25, 0.3) is 0 Å². The summed E-state index contributed by atoms with van der Waals surface area (Å²) in [6.45, 7) is 0.525. The predicted molar refractivity (Wildman–Crippen MR) is 80.4 cm³/mol.